The van der Waals surface area contributed by atoms with Crippen molar-refractivity contribution in [3.63, 3.8) is 0 Å². The predicted molar refractivity (Wildman–Crippen MR) is 135 cm³/mol. The van der Waals surface area contributed by atoms with Gasteiger partial charge in [0.25, 0.3) is 0 Å². The van der Waals surface area contributed by atoms with Gasteiger partial charge in [-0.2, -0.15) is 0 Å². The Balaban J connectivity index is 1.72. The van der Waals surface area contributed by atoms with Crippen LogP contribution in [-0.4, -0.2) is 53.8 Å². The van der Waals surface area contributed by atoms with Crippen molar-refractivity contribution < 1.29 is 27.5 Å². The molecule has 0 bridgehead atoms. The molecule has 1 saturated heterocycles. The molecule has 2 heterocycles. The minimum Gasteiger partial charge on any atom is -0.444 e. The van der Waals surface area contributed by atoms with Gasteiger partial charge >= 0.3 is 6.09 Å². The highest BCUT2D eigenvalue weighted by molar-refractivity contribution is 6.74. The van der Waals surface area contributed by atoms with Crippen molar-refractivity contribution in [1.29, 1.82) is 0 Å². The normalized spacial score (nSPS) is 21.3. The summed E-state index contributed by atoms with van der Waals surface area (Å²) in [4.78, 5) is 33.3. The monoisotopic (exact) mass is 521 g/mol. The molecule has 0 saturated carbocycles. The standard InChI is InChI=1S/C26H37F2N3O4Si/c1-25(2,3)34-24(33)31-12-15(35-36(7,8)26(4,5)6)11-18(31)23-29-21-19(27)16-9-14(13-32)10-17(16)20(28)22(21)30-23/h13-15,18H,9-12H2,1-8H3,(H,29,30)/t15-,18-/m0/s1. The van der Waals surface area contributed by atoms with Crippen LogP contribution in [0.3, 0.4) is 0 Å². The van der Waals surface area contributed by atoms with Gasteiger partial charge in [-0.3, -0.25) is 4.90 Å². The van der Waals surface area contributed by atoms with Crippen LogP contribution >= 0.6 is 0 Å². The van der Waals surface area contributed by atoms with E-state index in [-0.39, 0.29) is 46.1 Å². The van der Waals surface area contributed by atoms with E-state index in [1.165, 1.54) is 0 Å². The number of fused-ring (bicyclic) bond motifs is 2. The summed E-state index contributed by atoms with van der Waals surface area (Å²) in [7, 11) is -2.14. The van der Waals surface area contributed by atoms with Crippen LogP contribution in [0.2, 0.25) is 18.1 Å². The highest BCUT2D eigenvalue weighted by Gasteiger charge is 2.46. The van der Waals surface area contributed by atoms with E-state index in [1.807, 2.05) is 0 Å². The number of nitrogens with one attached hydrogen (secondary N) is 1. The number of ether oxygens (including phenoxy) is 1. The second-order valence-electron chi connectivity index (χ2n) is 12.6. The Bertz CT molecular complexity index is 1150. The van der Waals surface area contributed by atoms with E-state index in [4.69, 9.17) is 9.16 Å². The van der Waals surface area contributed by atoms with Gasteiger partial charge in [0, 0.05) is 18.9 Å². The van der Waals surface area contributed by atoms with Gasteiger partial charge in [-0.05, 0) is 62.9 Å². The summed E-state index contributed by atoms with van der Waals surface area (Å²) < 4.78 is 43.0. The Hall–Kier alpha value is -2.33. The first-order chi connectivity index (χ1) is 16.5. The molecule has 198 valence electrons. The predicted octanol–water partition coefficient (Wildman–Crippen LogP) is 5.83. The molecular weight excluding hydrogens is 484 g/mol. The molecule has 1 unspecified atom stereocenters. The number of aromatic nitrogens is 2. The third-order valence-corrected chi connectivity index (χ3v) is 12.2. The summed E-state index contributed by atoms with van der Waals surface area (Å²) in [6.07, 6.45) is 0.724. The molecule has 36 heavy (non-hydrogen) atoms. The number of aldehydes is 1. The maximum absolute atomic E-state index is 15.4. The average Bonchev–Trinajstić information content (AvgIpc) is 3.46. The lowest BCUT2D eigenvalue weighted by Crippen LogP contribution is -2.45. The van der Waals surface area contributed by atoms with Gasteiger partial charge in [0.1, 0.15) is 28.7 Å². The quantitative estimate of drug-likeness (QED) is 0.404. The molecule has 1 aromatic carbocycles. The van der Waals surface area contributed by atoms with Crippen LogP contribution in [0.5, 0.6) is 0 Å². The van der Waals surface area contributed by atoms with E-state index in [2.05, 4.69) is 43.8 Å². The van der Waals surface area contributed by atoms with Crippen molar-refractivity contribution in [2.75, 3.05) is 6.54 Å². The lowest BCUT2D eigenvalue weighted by Gasteiger charge is -2.38. The number of carbonyl (C=O) groups excluding carboxylic acids is 2. The second-order valence-corrected chi connectivity index (χ2v) is 17.4. The Morgan fingerprint density at radius 2 is 1.72 bits per heavy atom. The van der Waals surface area contributed by atoms with Crippen LogP contribution in [0.4, 0.5) is 13.6 Å². The summed E-state index contributed by atoms with van der Waals surface area (Å²) in [5, 5.41) is -0.0204. The number of likely N-dealkylation sites (tertiary alicyclic amines) is 1. The van der Waals surface area contributed by atoms with Gasteiger partial charge in [-0.15, -0.1) is 0 Å². The maximum Gasteiger partial charge on any atom is 0.411 e. The number of benzene rings is 1. The van der Waals surface area contributed by atoms with Crippen LogP contribution in [0, 0.1) is 17.6 Å². The zero-order valence-electron chi connectivity index (χ0n) is 22.4. The number of imidazole rings is 1. The molecule has 1 amide bonds. The first-order valence-corrected chi connectivity index (χ1v) is 15.4. The fourth-order valence-electron chi connectivity index (χ4n) is 4.80. The molecule has 10 heteroatoms. The van der Waals surface area contributed by atoms with Crippen molar-refractivity contribution in [2.45, 2.75) is 96.7 Å². The van der Waals surface area contributed by atoms with E-state index in [0.717, 1.165) is 6.29 Å². The fraction of sp³-hybridized carbons (Fsp3) is 0.654. The fourth-order valence-corrected chi connectivity index (χ4v) is 6.16. The van der Waals surface area contributed by atoms with Crippen LogP contribution in [0.1, 0.15) is 71.0 Å². The molecule has 1 aromatic heterocycles. The first kappa shape index (κ1) is 26.7. The van der Waals surface area contributed by atoms with Crippen LogP contribution in [-0.2, 0) is 26.8 Å². The number of nitrogens with zero attached hydrogens (tertiary/aromatic N) is 2. The molecule has 1 aliphatic heterocycles. The lowest BCUT2D eigenvalue weighted by atomic mass is 10.1. The largest absolute Gasteiger partial charge is 0.444 e. The maximum atomic E-state index is 15.4. The average molecular weight is 522 g/mol. The van der Waals surface area contributed by atoms with Crippen LogP contribution in [0.15, 0.2) is 0 Å². The Labute approximate surface area is 212 Å². The summed E-state index contributed by atoms with van der Waals surface area (Å²) in [6.45, 7) is 16.4. The zero-order chi connectivity index (χ0) is 26.8. The SMILES string of the molecule is CC(C)(C)OC(=O)N1C[C@@H](O[Si](C)(C)C(C)(C)C)C[C@H]1c1nc2c(F)c3c(c(F)c2[nH]1)CC(C=O)C3. The van der Waals surface area contributed by atoms with Gasteiger partial charge in [0.2, 0.25) is 0 Å². The van der Waals surface area contributed by atoms with Crippen molar-refractivity contribution in [3.8, 4) is 0 Å². The van der Waals surface area contributed by atoms with E-state index < -0.39 is 43.6 Å². The second kappa shape index (κ2) is 8.90. The number of hydrogen-bond acceptors (Lipinski definition) is 5. The number of carbonyl (C=O) groups is 2. The van der Waals surface area contributed by atoms with Crippen molar-refractivity contribution in [3.05, 3.63) is 28.6 Å². The molecule has 2 aliphatic rings. The van der Waals surface area contributed by atoms with E-state index in [9.17, 15) is 9.59 Å². The first-order valence-electron chi connectivity index (χ1n) is 12.5. The molecule has 1 aliphatic carbocycles. The van der Waals surface area contributed by atoms with Gasteiger partial charge in [0.15, 0.2) is 20.0 Å². The van der Waals surface area contributed by atoms with Crippen molar-refractivity contribution >= 4 is 31.7 Å². The summed E-state index contributed by atoms with van der Waals surface area (Å²) in [5.41, 5.74) is -0.412. The van der Waals surface area contributed by atoms with Gasteiger partial charge in [-0.25, -0.2) is 18.6 Å². The molecular formula is C26H37F2N3O4Si. The Morgan fingerprint density at radius 3 is 2.28 bits per heavy atom. The molecule has 2 aromatic rings. The van der Waals surface area contributed by atoms with E-state index in [1.54, 1.807) is 25.7 Å². The number of rotatable bonds is 4. The summed E-state index contributed by atoms with van der Waals surface area (Å²) in [5.74, 6) is -1.32. The smallest absolute Gasteiger partial charge is 0.411 e. The van der Waals surface area contributed by atoms with Crippen LogP contribution in [0.25, 0.3) is 11.0 Å². The number of amides is 1. The number of halogens is 2. The lowest BCUT2D eigenvalue weighted by molar-refractivity contribution is -0.110. The molecule has 0 spiro atoms. The molecule has 0 radical (unpaired) electrons. The number of hydrogen-bond donors (Lipinski definition) is 1. The topological polar surface area (TPSA) is 84.5 Å². The molecule has 4 rings (SSSR count). The summed E-state index contributed by atoms with van der Waals surface area (Å²) >= 11 is 0. The molecule has 3 atom stereocenters. The Morgan fingerprint density at radius 1 is 1.11 bits per heavy atom. The van der Waals surface area contributed by atoms with Gasteiger partial charge < -0.3 is 18.9 Å². The zero-order valence-corrected chi connectivity index (χ0v) is 23.4. The number of aromatic amines is 1. The summed E-state index contributed by atoms with van der Waals surface area (Å²) in [6, 6.07) is -0.585. The van der Waals surface area contributed by atoms with Crippen molar-refractivity contribution in [1.82, 2.24) is 14.9 Å². The van der Waals surface area contributed by atoms with Crippen LogP contribution < -0.4 is 0 Å². The third kappa shape index (κ3) is 4.81. The highest BCUT2D eigenvalue weighted by Crippen LogP contribution is 2.42. The van der Waals surface area contributed by atoms with E-state index in [0.29, 0.717) is 18.8 Å². The Kier molecular flexibility index (Phi) is 6.61. The minimum absolute atomic E-state index is 0.0204. The molecule has 1 fully saturated rings. The van der Waals surface area contributed by atoms with E-state index >= 15 is 8.78 Å². The molecule has 1 N–H and O–H groups in total. The highest BCUT2D eigenvalue weighted by atomic mass is 28.4. The van der Waals surface area contributed by atoms with Gasteiger partial charge in [0.05, 0.1) is 12.1 Å². The molecule has 7 nitrogen and oxygen atoms in total. The van der Waals surface area contributed by atoms with Crippen molar-refractivity contribution in [2.24, 2.45) is 5.92 Å². The van der Waals surface area contributed by atoms with Gasteiger partial charge in [-0.1, -0.05) is 20.8 Å². The third-order valence-electron chi connectivity index (χ3n) is 7.64. The minimum atomic E-state index is -2.14. The number of H-pyrrole nitrogens is 1.